The fourth-order valence-electron chi connectivity index (χ4n) is 4.59. The minimum atomic E-state index is -3.27. The Morgan fingerprint density at radius 1 is 0.784 bits per heavy atom. The molecule has 0 unspecified atom stereocenters. The van der Waals surface area contributed by atoms with E-state index in [-0.39, 0.29) is 5.78 Å². The van der Waals surface area contributed by atoms with E-state index in [0.29, 0.717) is 29.1 Å². The fourth-order valence-corrected chi connectivity index (χ4v) is 7.95. The molecular formula is C32H32NO3P. The number of nitrogens with one attached hydrogen (secondary N) is 1. The average Bonchev–Trinajstić information content (AvgIpc) is 2.96. The van der Waals surface area contributed by atoms with Crippen LogP contribution in [0, 0.1) is 0 Å². The Morgan fingerprint density at radius 2 is 1.24 bits per heavy atom. The summed E-state index contributed by atoms with van der Waals surface area (Å²) in [7, 11) is -3.27. The van der Waals surface area contributed by atoms with Crippen LogP contribution in [0.2, 0.25) is 0 Å². The molecule has 5 heteroatoms. The molecule has 4 aromatic carbocycles. The molecule has 0 aromatic heterocycles. The Kier molecular flexibility index (Phi) is 8.90. The molecule has 2 atom stereocenters. The quantitative estimate of drug-likeness (QED) is 0.151. The van der Waals surface area contributed by atoms with Crippen LogP contribution in [-0.2, 0) is 4.57 Å². The van der Waals surface area contributed by atoms with E-state index in [0.717, 1.165) is 11.3 Å². The largest absolute Gasteiger partial charge is 0.388 e. The molecule has 0 amide bonds. The fraction of sp³-hybridized carbons (Fsp3) is 0.156. The van der Waals surface area contributed by atoms with Crippen molar-refractivity contribution in [2.24, 2.45) is 0 Å². The van der Waals surface area contributed by atoms with E-state index in [1.807, 2.05) is 116 Å². The number of ketones is 1. The van der Waals surface area contributed by atoms with Crippen LogP contribution in [0.5, 0.6) is 0 Å². The van der Waals surface area contributed by atoms with E-state index in [2.05, 4.69) is 5.32 Å². The molecule has 188 valence electrons. The number of aliphatic hydroxyl groups excluding tert-OH is 1. The lowest BCUT2D eigenvalue weighted by molar-refractivity contribution is 0.104. The van der Waals surface area contributed by atoms with Gasteiger partial charge in [-0.1, -0.05) is 121 Å². The third-order valence-corrected chi connectivity index (χ3v) is 10.1. The van der Waals surface area contributed by atoms with Crippen molar-refractivity contribution in [3.8, 4) is 0 Å². The van der Waals surface area contributed by atoms with Crippen molar-refractivity contribution >= 4 is 23.5 Å². The molecule has 4 nitrogen and oxygen atoms in total. The summed E-state index contributed by atoms with van der Waals surface area (Å²) in [5, 5.41) is 16.4. The van der Waals surface area contributed by atoms with Gasteiger partial charge in [0.1, 0.15) is 7.14 Å². The monoisotopic (exact) mass is 509 g/mol. The Balaban J connectivity index is 1.65. The van der Waals surface area contributed by atoms with Gasteiger partial charge in [-0.2, -0.15) is 0 Å². The zero-order valence-electron chi connectivity index (χ0n) is 20.9. The predicted molar refractivity (Wildman–Crippen MR) is 152 cm³/mol. The van der Waals surface area contributed by atoms with Gasteiger partial charge in [0.2, 0.25) is 0 Å². The van der Waals surface area contributed by atoms with Crippen molar-refractivity contribution in [2.75, 3.05) is 6.54 Å². The van der Waals surface area contributed by atoms with E-state index >= 15 is 4.57 Å². The molecule has 37 heavy (non-hydrogen) atoms. The van der Waals surface area contributed by atoms with Crippen molar-refractivity contribution in [3.63, 3.8) is 0 Å². The average molecular weight is 510 g/mol. The van der Waals surface area contributed by atoms with Crippen LogP contribution in [-0.4, -0.2) is 23.1 Å². The molecule has 0 spiro atoms. The first-order chi connectivity index (χ1) is 18.0. The highest BCUT2D eigenvalue weighted by molar-refractivity contribution is 7.79. The normalized spacial score (nSPS) is 13.5. The number of carbonyl (C=O) groups excluding carboxylic acids is 1. The van der Waals surface area contributed by atoms with Crippen molar-refractivity contribution in [1.82, 2.24) is 5.32 Å². The lowest BCUT2D eigenvalue weighted by Gasteiger charge is -2.33. The number of hydrogen-bond donors (Lipinski definition) is 2. The van der Waals surface area contributed by atoms with Gasteiger partial charge in [0.05, 0.1) is 11.8 Å². The molecule has 0 fully saturated rings. The summed E-state index contributed by atoms with van der Waals surface area (Å²) in [6.45, 7) is 2.29. The third kappa shape index (κ3) is 6.35. The summed E-state index contributed by atoms with van der Waals surface area (Å²) in [5.41, 5.74) is 1.49. The molecule has 4 aromatic rings. The van der Waals surface area contributed by atoms with Crippen LogP contribution < -0.4 is 15.9 Å². The van der Waals surface area contributed by atoms with Crippen LogP contribution >= 0.6 is 7.14 Å². The second kappa shape index (κ2) is 12.5. The zero-order valence-corrected chi connectivity index (χ0v) is 21.8. The topological polar surface area (TPSA) is 66.4 Å². The van der Waals surface area contributed by atoms with E-state index in [9.17, 15) is 9.90 Å². The van der Waals surface area contributed by atoms with Crippen molar-refractivity contribution in [1.29, 1.82) is 0 Å². The Bertz CT molecular complexity index is 1310. The molecular weight excluding hydrogens is 477 g/mol. The number of aliphatic hydroxyl groups is 1. The zero-order chi connectivity index (χ0) is 26.1. The van der Waals surface area contributed by atoms with Gasteiger partial charge in [-0.3, -0.25) is 4.79 Å². The lowest BCUT2D eigenvalue weighted by Crippen LogP contribution is -2.33. The maximum Gasteiger partial charge on any atom is 0.187 e. The molecule has 0 radical (unpaired) electrons. The molecule has 0 bridgehead atoms. The molecule has 2 N–H and O–H groups in total. The molecule has 0 aliphatic carbocycles. The maximum absolute atomic E-state index is 15.1. The van der Waals surface area contributed by atoms with Crippen molar-refractivity contribution < 1.29 is 14.5 Å². The highest BCUT2D eigenvalue weighted by Gasteiger charge is 2.41. The summed E-state index contributed by atoms with van der Waals surface area (Å²) >= 11 is 0. The Hall–Kier alpha value is -3.72. The minimum absolute atomic E-state index is 0.0780. The first-order valence-electron chi connectivity index (χ1n) is 12.5. The lowest BCUT2D eigenvalue weighted by atomic mass is 10.0. The molecule has 0 aliphatic rings. The Morgan fingerprint density at radius 3 is 1.76 bits per heavy atom. The first kappa shape index (κ1) is 26.3. The number of benzene rings is 4. The summed E-state index contributed by atoms with van der Waals surface area (Å²) < 4.78 is 15.1. The first-order valence-corrected chi connectivity index (χ1v) is 14.2. The van der Waals surface area contributed by atoms with E-state index in [4.69, 9.17) is 0 Å². The predicted octanol–water partition coefficient (Wildman–Crippen LogP) is 5.87. The molecule has 0 aliphatic heterocycles. The summed E-state index contributed by atoms with van der Waals surface area (Å²) in [6.07, 6.45) is 1.07. The van der Waals surface area contributed by atoms with E-state index in [1.54, 1.807) is 18.2 Å². The van der Waals surface area contributed by atoms with Crippen molar-refractivity contribution in [2.45, 2.75) is 25.1 Å². The number of allylic oxidation sites excluding steroid dienone is 2. The second-order valence-electron chi connectivity index (χ2n) is 9.03. The van der Waals surface area contributed by atoms with Crippen molar-refractivity contribution in [3.05, 3.63) is 144 Å². The van der Waals surface area contributed by atoms with E-state index in [1.165, 1.54) is 0 Å². The SMILES string of the molecule is C/C(=C/C(=O)c1ccccc1)NCC[C@H]([C@@H](O)c1ccccc1)P(=O)(c1ccccc1)c1ccccc1. The molecule has 4 rings (SSSR count). The number of hydrogen-bond acceptors (Lipinski definition) is 4. The van der Waals surface area contributed by atoms with Crippen LogP contribution in [0.4, 0.5) is 0 Å². The third-order valence-electron chi connectivity index (χ3n) is 6.50. The van der Waals surface area contributed by atoms with Gasteiger partial charge in [-0.25, -0.2) is 0 Å². The second-order valence-corrected chi connectivity index (χ2v) is 12.0. The number of carbonyl (C=O) groups is 1. The van der Waals surface area contributed by atoms with Crippen LogP contribution in [0.3, 0.4) is 0 Å². The van der Waals surface area contributed by atoms with Gasteiger partial charge in [0.15, 0.2) is 5.78 Å². The minimum Gasteiger partial charge on any atom is -0.388 e. The summed E-state index contributed by atoms with van der Waals surface area (Å²) in [6, 6.07) is 37.4. The van der Waals surface area contributed by atoms with Gasteiger partial charge in [0, 0.05) is 34.5 Å². The molecule has 0 saturated heterocycles. The van der Waals surface area contributed by atoms with Crippen LogP contribution in [0.1, 0.15) is 35.4 Å². The summed E-state index contributed by atoms with van der Waals surface area (Å²) in [5.74, 6) is -0.0780. The molecule has 0 heterocycles. The Labute approximate surface area is 219 Å². The van der Waals surface area contributed by atoms with Gasteiger partial charge in [0.25, 0.3) is 0 Å². The van der Waals surface area contributed by atoms with Gasteiger partial charge >= 0.3 is 0 Å². The highest BCUT2D eigenvalue weighted by atomic mass is 31.2. The maximum atomic E-state index is 15.1. The van der Waals surface area contributed by atoms with Crippen LogP contribution in [0.15, 0.2) is 133 Å². The number of rotatable bonds is 11. The van der Waals surface area contributed by atoms with Gasteiger partial charge in [-0.05, 0) is 18.9 Å². The van der Waals surface area contributed by atoms with Gasteiger partial charge < -0.3 is 15.0 Å². The molecule has 0 saturated carbocycles. The van der Waals surface area contributed by atoms with E-state index < -0.39 is 18.9 Å². The highest BCUT2D eigenvalue weighted by Crippen LogP contribution is 2.54. The summed E-state index contributed by atoms with van der Waals surface area (Å²) in [4.78, 5) is 12.6. The smallest absolute Gasteiger partial charge is 0.187 e. The van der Waals surface area contributed by atoms with Gasteiger partial charge in [-0.15, -0.1) is 0 Å². The van der Waals surface area contributed by atoms with Crippen LogP contribution in [0.25, 0.3) is 0 Å². The standard InChI is InChI=1S/C32H32NO3P/c1-25(24-30(34)26-14-6-2-7-15-26)33-23-22-31(32(35)27-16-8-3-9-17-27)37(36,28-18-10-4-11-19-28)29-20-12-5-13-21-29/h2-21,24,31-33,35H,22-23H2,1H3/b25-24-/t31-,32+/m1/s1.